The zero-order valence-corrected chi connectivity index (χ0v) is 22.7. The van der Waals surface area contributed by atoms with Crippen LogP contribution in [-0.4, -0.2) is 56.2 Å². The molecule has 1 fully saturated rings. The maximum atomic E-state index is 13.4. The number of carbonyl (C=O) groups is 1. The van der Waals surface area contributed by atoms with Gasteiger partial charge in [-0.1, -0.05) is 15.9 Å². The van der Waals surface area contributed by atoms with E-state index in [2.05, 4.69) is 37.9 Å². The van der Waals surface area contributed by atoms with Crippen LogP contribution in [0.2, 0.25) is 0 Å². The van der Waals surface area contributed by atoms with Crippen LogP contribution < -0.4 is 19.1 Å². The lowest BCUT2D eigenvalue weighted by Crippen LogP contribution is -2.46. The summed E-state index contributed by atoms with van der Waals surface area (Å²) in [4.78, 5) is 18.0. The molecule has 37 heavy (non-hydrogen) atoms. The summed E-state index contributed by atoms with van der Waals surface area (Å²) < 4.78 is 17.7. The molecule has 2 aliphatic heterocycles. The number of ketones is 1. The Labute approximate surface area is 225 Å². The fraction of sp³-hybridized carbons (Fsp3) is 0.276. The van der Waals surface area contributed by atoms with Gasteiger partial charge in [0.15, 0.2) is 5.76 Å². The largest absolute Gasteiger partial charge is 0.507 e. The molecule has 0 unspecified atom stereocenters. The van der Waals surface area contributed by atoms with Crippen molar-refractivity contribution in [1.29, 1.82) is 0 Å². The summed E-state index contributed by atoms with van der Waals surface area (Å²) in [6.45, 7) is 5.66. The van der Waals surface area contributed by atoms with Gasteiger partial charge in [-0.15, -0.1) is 0 Å². The van der Waals surface area contributed by atoms with E-state index in [0.717, 1.165) is 47.7 Å². The van der Waals surface area contributed by atoms with E-state index in [1.165, 1.54) is 0 Å². The number of hydrogen-bond acceptors (Lipinski definition) is 7. The first-order chi connectivity index (χ1) is 17.9. The molecule has 2 heterocycles. The Bertz CT molecular complexity index is 1360. The van der Waals surface area contributed by atoms with Gasteiger partial charge < -0.3 is 24.2 Å². The molecule has 8 heteroatoms. The molecule has 0 amide bonds. The zero-order chi connectivity index (χ0) is 26.1. The standard InChI is InChI=1S/C29H29BrN2O5/c1-18-14-24(33)23(17-31-10-12-32(13-11-31)21-5-7-22(35-2)8-6-21)29-27(18)28(34)26(37-29)16-19-15-20(30)4-9-25(19)36-3/h4-9,14-16,33H,10-13,17H2,1-3H3/b26-16-. The van der Waals surface area contributed by atoms with Crippen molar-refractivity contribution >= 4 is 33.5 Å². The lowest BCUT2D eigenvalue weighted by atomic mass is 9.99. The topological polar surface area (TPSA) is 71.5 Å². The number of fused-ring (bicyclic) bond motifs is 1. The van der Waals surface area contributed by atoms with Gasteiger partial charge in [0.05, 0.1) is 25.3 Å². The first-order valence-corrected chi connectivity index (χ1v) is 12.9. The molecule has 7 nitrogen and oxygen atoms in total. The van der Waals surface area contributed by atoms with Crippen LogP contribution in [0.15, 0.2) is 58.8 Å². The van der Waals surface area contributed by atoms with E-state index in [1.54, 1.807) is 26.4 Å². The van der Waals surface area contributed by atoms with Crippen LogP contribution in [0.3, 0.4) is 0 Å². The third-order valence-electron chi connectivity index (χ3n) is 6.89. The smallest absolute Gasteiger partial charge is 0.232 e. The van der Waals surface area contributed by atoms with E-state index in [9.17, 15) is 9.90 Å². The number of ether oxygens (including phenoxy) is 3. The number of allylic oxidation sites excluding steroid dienone is 1. The van der Waals surface area contributed by atoms with Crippen LogP contribution in [0, 0.1) is 6.92 Å². The summed E-state index contributed by atoms with van der Waals surface area (Å²) in [6, 6.07) is 15.3. The number of Topliss-reactive ketones (excluding diaryl/α,β-unsaturated/α-hetero) is 1. The van der Waals surface area contributed by atoms with E-state index >= 15 is 0 Å². The molecular weight excluding hydrogens is 536 g/mol. The quantitative estimate of drug-likeness (QED) is 0.401. The summed E-state index contributed by atoms with van der Waals surface area (Å²) >= 11 is 3.47. The van der Waals surface area contributed by atoms with E-state index in [0.29, 0.717) is 34.7 Å². The van der Waals surface area contributed by atoms with Crippen molar-refractivity contribution in [2.45, 2.75) is 13.5 Å². The minimum Gasteiger partial charge on any atom is -0.507 e. The van der Waals surface area contributed by atoms with Gasteiger partial charge in [-0.3, -0.25) is 9.69 Å². The molecule has 3 aromatic rings. The summed E-state index contributed by atoms with van der Waals surface area (Å²) in [5.74, 6) is 2.08. The second-order valence-electron chi connectivity index (χ2n) is 9.18. The van der Waals surface area contributed by atoms with Crippen molar-refractivity contribution in [2.24, 2.45) is 0 Å². The third kappa shape index (κ3) is 5.04. The molecule has 0 spiro atoms. The normalized spacial score (nSPS) is 16.6. The maximum Gasteiger partial charge on any atom is 0.232 e. The number of nitrogens with zero attached hydrogens (tertiary/aromatic N) is 2. The maximum absolute atomic E-state index is 13.4. The molecule has 3 aromatic carbocycles. The Morgan fingerprint density at radius 3 is 2.43 bits per heavy atom. The lowest BCUT2D eigenvalue weighted by Gasteiger charge is -2.36. The Balaban J connectivity index is 1.36. The van der Waals surface area contributed by atoms with Crippen LogP contribution in [0.1, 0.15) is 27.0 Å². The molecule has 5 rings (SSSR count). The number of piperazine rings is 1. The molecule has 192 valence electrons. The van der Waals surface area contributed by atoms with Crippen LogP contribution in [0.25, 0.3) is 6.08 Å². The van der Waals surface area contributed by atoms with Gasteiger partial charge in [-0.25, -0.2) is 0 Å². The Hall–Kier alpha value is -3.49. The van der Waals surface area contributed by atoms with E-state index < -0.39 is 0 Å². The average molecular weight is 565 g/mol. The minimum absolute atomic E-state index is 0.142. The number of phenols is 1. The molecule has 1 N–H and O–H groups in total. The predicted molar refractivity (Wildman–Crippen MR) is 147 cm³/mol. The van der Waals surface area contributed by atoms with Crippen molar-refractivity contribution < 1.29 is 24.1 Å². The molecule has 1 saturated heterocycles. The third-order valence-corrected chi connectivity index (χ3v) is 7.38. The number of carbonyl (C=O) groups excluding carboxylic acids is 1. The molecule has 0 aliphatic carbocycles. The van der Waals surface area contributed by atoms with Crippen molar-refractivity contribution in [2.75, 3.05) is 45.3 Å². The minimum atomic E-state index is -0.194. The van der Waals surface area contributed by atoms with E-state index in [-0.39, 0.29) is 17.3 Å². The highest BCUT2D eigenvalue weighted by Crippen LogP contribution is 2.43. The van der Waals surface area contributed by atoms with Crippen molar-refractivity contribution in [3.8, 4) is 23.0 Å². The Morgan fingerprint density at radius 2 is 1.76 bits per heavy atom. The second kappa shape index (κ2) is 10.5. The number of aryl methyl sites for hydroxylation is 1. The number of hydrogen-bond donors (Lipinski definition) is 1. The zero-order valence-electron chi connectivity index (χ0n) is 21.1. The summed E-state index contributed by atoms with van der Waals surface area (Å²) in [5.41, 5.74) is 3.72. The summed E-state index contributed by atoms with van der Waals surface area (Å²) in [5, 5.41) is 10.9. The SMILES string of the molecule is COc1ccc(N2CCN(Cc3c(O)cc(C)c4c3O/C(=C\c3cc(Br)ccc3OC)C4=O)CC2)cc1. The molecule has 0 saturated carbocycles. The molecular formula is C29H29BrN2O5. The van der Waals surface area contributed by atoms with Crippen LogP contribution >= 0.6 is 15.9 Å². The first kappa shape index (κ1) is 25.2. The molecule has 0 aromatic heterocycles. The van der Waals surface area contributed by atoms with Crippen LogP contribution in [-0.2, 0) is 6.54 Å². The summed E-state index contributed by atoms with van der Waals surface area (Å²) in [7, 11) is 3.25. The molecule has 0 radical (unpaired) electrons. The molecule has 0 bridgehead atoms. The number of halogens is 1. The number of anilines is 1. The van der Waals surface area contributed by atoms with Crippen LogP contribution in [0.4, 0.5) is 5.69 Å². The van der Waals surface area contributed by atoms with Crippen molar-refractivity contribution in [1.82, 2.24) is 4.90 Å². The van der Waals surface area contributed by atoms with Crippen LogP contribution in [0.5, 0.6) is 23.0 Å². The van der Waals surface area contributed by atoms with Gasteiger partial charge in [-0.2, -0.15) is 0 Å². The second-order valence-corrected chi connectivity index (χ2v) is 10.1. The average Bonchev–Trinajstić information content (AvgIpc) is 3.23. The number of benzene rings is 3. The van der Waals surface area contributed by atoms with Gasteiger partial charge in [0.2, 0.25) is 5.78 Å². The van der Waals surface area contributed by atoms with Gasteiger partial charge in [0.1, 0.15) is 23.0 Å². The Morgan fingerprint density at radius 1 is 1.03 bits per heavy atom. The monoisotopic (exact) mass is 564 g/mol. The Kier molecular flexibility index (Phi) is 7.13. The fourth-order valence-electron chi connectivity index (χ4n) is 4.87. The first-order valence-electron chi connectivity index (χ1n) is 12.1. The van der Waals surface area contributed by atoms with Gasteiger partial charge in [0.25, 0.3) is 0 Å². The fourth-order valence-corrected chi connectivity index (χ4v) is 5.25. The number of methoxy groups -OCH3 is 2. The van der Waals surface area contributed by atoms with Crippen molar-refractivity contribution in [3.63, 3.8) is 0 Å². The predicted octanol–water partition coefficient (Wildman–Crippen LogP) is 5.42. The van der Waals surface area contributed by atoms with E-state index in [4.69, 9.17) is 14.2 Å². The highest BCUT2D eigenvalue weighted by molar-refractivity contribution is 9.10. The molecule has 2 aliphatic rings. The summed E-state index contributed by atoms with van der Waals surface area (Å²) in [6.07, 6.45) is 1.69. The van der Waals surface area contributed by atoms with Gasteiger partial charge in [0, 0.05) is 48.4 Å². The number of phenolic OH excluding ortho intramolecular Hbond substituents is 1. The highest BCUT2D eigenvalue weighted by atomic mass is 79.9. The van der Waals surface area contributed by atoms with Gasteiger partial charge in [-0.05, 0) is 67.1 Å². The highest BCUT2D eigenvalue weighted by Gasteiger charge is 2.34. The van der Waals surface area contributed by atoms with Gasteiger partial charge >= 0.3 is 0 Å². The van der Waals surface area contributed by atoms with E-state index in [1.807, 2.05) is 37.3 Å². The lowest BCUT2D eigenvalue weighted by molar-refractivity contribution is 0.101. The number of rotatable bonds is 6. The number of aromatic hydroxyl groups is 1. The molecule has 0 atom stereocenters. The van der Waals surface area contributed by atoms with Crippen molar-refractivity contribution in [3.05, 3.63) is 81.0 Å².